The zero-order valence-corrected chi connectivity index (χ0v) is 16.1. The third-order valence-electron chi connectivity index (χ3n) is 4.14. The number of thioether (sulfide) groups is 1. The maximum atomic E-state index is 9.75. The summed E-state index contributed by atoms with van der Waals surface area (Å²) in [5.41, 5.74) is 1.39. The van der Waals surface area contributed by atoms with Crippen molar-refractivity contribution in [2.75, 3.05) is 0 Å². The van der Waals surface area contributed by atoms with Crippen molar-refractivity contribution in [3.8, 4) is 6.07 Å². The van der Waals surface area contributed by atoms with Gasteiger partial charge in [0.25, 0.3) is 0 Å². The van der Waals surface area contributed by atoms with Crippen LogP contribution >= 0.6 is 23.4 Å². The summed E-state index contributed by atoms with van der Waals surface area (Å²) < 4.78 is 2.09. The van der Waals surface area contributed by atoms with Crippen LogP contribution in [0.2, 0.25) is 5.02 Å². The molecule has 0 aliphatic carbocycles. The van der Waals surface area contributed by atoms with Gasteiger partial charge in [-0.15, -0.1) is 22.0 Å². The Bertz CT molecular complexity index is 832. The lowest BCUT2D eigenvalue weighted by atomic mass is 10.1. The fourth-order valence-corrected chi connectivity index (χ4v) is 4.24. The predicted molar refractivity (Wildman–Crippen MR) is 104 cm³/mol. The number of fused-ring (bicyclic) bond motifs is 1. The lowest BCUT2D eigenvalue weighted by molar-refractivity contribution is 0.627. The fraction of sp³-hybridized carbons (Fsp3) is 0.421. The van der Waals surface area contributed by atoms with Crippen molar-refractivity contribution in [2.45, 2.75) is 56.2 Å². The molecule has 25 heavy (non-hydrogen) atoms. The van der Waals surface area contributed by atoms with E-state index in [0.717, 1.165) is 42.1 Å². The predicted octanol–water partition coefficient (Wildman–Crippen LogP) is 5.22. The van der Waals surface area contributed by atoms with Gasteiger partial charge in [-0.25, -0.2) is 0 Å². The molecule has 0 spiro atoms. The van der Waals surface area contributed by atoms with Gasteiger partial charge in [-0.3, -0.25) is 0 Å². The lowest BCUT2D eigenvalue weighted by Gasteiger charge is -2.11. The average molecular weight is 373 g/mol. The van der Waals surface area contributed by atoms with E-state index >= 15 is 0 Å². The molecule has 0 unspecified atom stereocenters. The fourth-order valence-electron chi connectivity index (χ4n) is 2.99. The summed E-state index contributed by atoms with van der Waals surface area (Å²) in [6, 6.07) is 8.15. The molecule has 0 fully saturated rings. The topological polar surface area (TPSA) is 54.5 Å². The van der Waals surface area contributed by atoms with Gasteiger partial charge in [-0.2, -0.15) is 5.26 Å². The molecule has 0 saturated heterocycles. The molecule has 0 saturated carbocycles. The highest BCUT2D eigenvalue weighted by atomic mass is 35.5. The van der Waals surface area contributed by atoms with Crippen LogP contribution in [0, 0.1) is 11.3 Å². The molecule has 4 nitrogen and oxygen atoms in total. The molecule has 1 aliphatic rings. The van der Waals surface area contributed by atoms with Gasteiger partial charge < -0.3 is 4.57 Å². The van der Waals surface area contributed by atoms with Gasteiger partial charge in [0, 0.05) is 33.7 Å². The minimum atomic E-state index is 0.431. The number of nitrogens with zero attached hydrogens (tertiary/aromatic N) is 4. The summed E-state index contributed by atoms with van der Waals surface area (Å²) in [7, 11) is 0. The summed E-state index contributed by atoms with van der Waals surface area (Å²) in [5.74, 6) is 1.63. The number of halogens is 1. The van der Waals surface area contributed by atoms with E-state index in [-0.39, 0.29) is 0 Å². The van der Waals surface area contributed by atoms with E-state index in [1.54, 1.807) is 11.8 Å². The first-order valence-electron chi connectivity index (χ1n) is 8.59. The number of nitriles is 1. The lowest BCUT2D eigenvalue weighted by Crippen LogP contribution is -2.05. The molecule has 1 aromatic heterocycles. The van der Waals surface area contributed by atoms with E-state index in [1.807, 2.05) is 24.3 Å². The Morgan fingerprint density at radius 1 is 1.32 bits per heavy atom. The highest BCUT2D eigenvalue weighted by Gasteiger charge is 2.18. The molecule has 0 bridgehead atoms. The smallest absolute Gasteiger partial charge is 0.174 e. The Kier molecular flexibility index (Phi) is 5.82. The van der Waals surface area contributed by atoms with Gasteiger partial charge in [0.05, 0.1) is 5.57 Å². The van der Waals surface area contributed by atoms with E-state index in [4.69, 9.17) is 11.6 Å². The molecule has 2 heterocycles. The van der Waals surface area contributed by atoms with Crippen molar-refractivity contribution >= 4 is 35.0 Å². The van der Waals surface area contributed by atoms with E-state index in [0.29, 0.717) is 21.7 Å². The van der Waals surface area contributed by atoms with Crippen LogP contribution in [-0.4, -0.2) is 20.0 Å². The molecule has 2 aromatic rings. The molecule has 0 N–H and O–H groups in total. The van der Waals surface area contributed by atoms with E-state index in [9.17, 15) is 5.26 Å². The quantitative estimate of drug-likeness (QED) is 0.545. The van der Waals surface area contributed by atoms with Crippen molar-refractivity contribution in [1.29, 1.82) is 5.26 Å². The first kappa shape index (κ1) is 18.0. The van der Waals surface area contributed by atoms with Gasteiger partial charge in [0.2, 0.25) is 0 Å². The van der Waals surface area contributed by atoms with Crippen LogP contribution in [0.15, 0.2) is 23.1 Å². The van der Waals surface area contributed by atoms with Crippen molar-refractivity contribution in [1.82, 2.24) is 14.8 Å². The zero-order valence-electron chi connectivity index (χ0n) is 14.5. The first-order valence-corrected chi connectivity index (χ1v) is 9.85. The number of hydrogen-bond acceptors (Lipinski definition) is 4. The Morgan fingerprint density at radius 2 is 2.16 bits per heavy atom. The third-order valence-corrected chi connectivity index (χ3v) is 5.55. The largest absolute Gasteiger partial charge is 0.310 e. The Balaban J connectivity index is 2.06. The molecule has 3 rings (SSSR count). The maximum Gasteiger partial charge on any atom is 0.174 e. The van der Waals surface area contributed by atoms with Gasteiger partial charge in [-0.05, 0) is 31.1 Å². The molecule has 0 amide bonds. The Morgan fingerprint density at radius 3 is 2.92 bits per heavy atom. The van der Waals surface area contributed by atoms with Crippen molar-refractivity contribution in [2.24, 2.45) is 0 Å². The number of rotatable bonds is 4. The molecule has 0 radical (unpaired) electrons. The van der Waals surface area contributed by atoms with Crippen molar-refractivity contribution in [3.05, 3.63) is 40.4 Å². The van der Waals surface area contributed by atoms with E-state index in [1.165, 1.54) is 6.42 Å². The molecule has 130 valence electrons. The van der Waals surface area contributed by atoms with Crippen LogP contribution in [0.25, 0.3) is 11.6 Å². The molecule has 6 heteroatoms. The number of aromatic nitrogens is 3. The Labute approximate surface area is 157 Å². The van der Waals surface area contributed by atoms with Crippen molar-refractivity contribution < 1.29 is 0 Å². The molecular formula is C19H21ClN4S. The second-order valence-electron chi connectivity index (χ2n) is 6.39. The third kappa shape index (κ3) is 4.08. The van der Waals surface area contributed by atoms with Crippen LogP contribution in [0.3, 0.4) is 0 Å². The number of allylic oxidation sites excluding steroid dienone is 1. The summed E-state index contributed by atoms with van der Waals surface area (Å²) in [5, 5.41) is 19.4. The summed E-state index contributed by atoms with van der Waals surface area (Å²) >= 11 is 8.17. The van der Waals surface area contributed by atoms with E-state index in [2.05, 4.69) is 34.7 Å². The summed E-state index contributed by atoms with van der Waals surface area (Å²) in [6.45, 7) is 5.15. The SMILES string of the molecule is CC(C)Sc1cccc(Cl)c1C=C(C#N)c1nnc2n1CCCCC2. The number of benzene rings is 1. The minimum Gasteiger partial charge on any atom is -0.310 e. The van der Waals surface area contributed by atoms with Gasteiger partial charge in [0.15, 0.2) is 5.82 Å². The second-order valence-corrected chi connectivity index (χ2v) is 8.42. The van der Waals surface area contributed by atoms with Crippen LogP contribution in [0.5, 0.6) is 0 Å². The first-order chi connectivity index (χ1) is 12.1. The van der Waals surface area contributed by atoms with Gasteiger partial charge >= 0.3 is 0 Å². The maximum absolute atomic E-state index is 9.75. The standard InChI is InChI=1S/C19H21ClN4S/c1-13(2)25-17-8-6-7-16(20)15(17)11-14(12-21)19-23-22-18-9-4-3-5-10-24(18)19/h6-8,11,13H,3-5,9-10H2,1-2H3. The molecule has 1 aliphatic heterocycles. The van der Waals surface area contributed by atoms with Crippen LogP contribution < -0.4 is 0 Å². The van der Waals surface area contributed by atoms with Gasteiger partial charge in [0.1, 0.15) is 11.9 Å². The van der Waals surface area contributed by atoms with Crippen LogP contribution in [0.4, 0.5) is 0 Å². The highest BCUT2D eigenvalue weighted by Crippen LogP contribution is 2.34. The minimum absolute atomic E-state index is 0.431. The van der Waals surface area contributed by atoms with Crippen molar-refractivity contribution in [3.63, 3.8) is 0 Å². The van der Waals surface area contributed by atoms with Crippen LogP contribution in [-0.2, 0) is 13.0 Å². The van der Waals surface area contributed by atoms with E-state index < -0.39 is 0 Å². The highest BCUT2D eigenvalue weighted by molar-refractivity contribution is 8.00. The van der Waals surface area contributed by atoms with Crippen LogP contribution in [0.1, 0.15) is 50.3 Å². The summed E-state index contributed by atoms with van der Waals surface area (Å²) in [6.07, 6.45) is 6.19. The average Bonchev–Trinajstić information content (AvgIpc) is 2.82. The normalized spacial score (nSPS) is 14.9. The monoisotopic (exact) mass is 372 g/mol. The second kappa shape index (κ2) is 8.07. The number of aryl methyl sites for hydroxylation is 1. The number of hydrogen-bond donors (Lipinski definition) is 0. The van der Waals surface area contributed by atoms with Gasteiger partial charge in [-0.1, -0.05) is 37.9 Å². The molecule has 0 atom stereocenters. The molecule has 1 aromatic carbocycles. The Hall–Kier alpha value is -1.77. The zero-order chi connectivity index (χ0) is 17.8. The summed E-state index contributed by atoms with van der Waals surface area (Å²) in [4.78, 5) is 1.07. The molecular weight excluding hydrogens is 352 g/mol.